The first-order chi connectivity index (χ1) is 15.8. The molecule has 0 bridgehead atoms. The molecule has 0 aliphatic carbocycles. The number of carbonyl (C=O) groups excluding carboxylic acids is 1. The van der Waals surface area contributed by atoms with Crippen LogP contribution in [0.4, 0.5) is 14.5 Å². The maximum atomic E-state index is 13.6. The number of anilines is 1. The third-order valence-corrected chi connectivity index (χ3v) is 6.42. The number of fused-ring (bicyclic) bond motifs is 1. The Morgan fingerprint density at radius 3 is 2.67 bits per heavy atom. The Labute approximate surface area is 199 Å². The Balaban J connectivity index is 1.45. The van der Waals surface area contributed by atoms with Gasteiger partial charge in [0.05, 0.1) is 18.1 Å². The highest BCUT2D eigenvalue weighted by molar-refractivity contribution is 6.34. The molecule has 3 aromatic rings. The van der Waals surface area contributed by atoms with Crippen LogP contribution in [0, 0.1) is 0 Å². The van der Waals surface area contributed by atoms with Crippen molar-refractivity contribution in [3.8, 4) is 11.6 Å². The zero-order valence-electron chi connectivity index (χ0n) is 17.3. The Hall–Kier alpha value is -2.74. The lowest BCUT2D eigenvalue weighted by Gasteiger charge is -2.47. The second-order valence-corrected chi connectivity index (χ2v) is 8.96. The summed E-state index contributed by atoms with van der Waals surface area (Å²) in [6.45, 7) is -0.142. The predicted octanol–water partition coefficient (Wildman–Crippen LogP) is 6.22. The molecule has 1 saturated heterocycles. The normalized spacial score (nSPS) is 19.5. The second-order valence-electron chi connectivity index (χ2n) is 8.11. The van der Waals surface area contributed by atoms with E-state index >= 15 is 0 Å². The molecule has 5 nitrogen and oxygen atoms in total. The van der Waals surface area contributed by atoms with Crippen molar-refractivity contribution in [1.82, 2.24) is 9.88 Å². The summed E-state index contributed by atoms with van der Waals surface area (Å²) in [6.07, 6.45) is 2.07. The number of hydrogen-bond donors (Lipinski definition) is 0. The third-order valence-electron chi connectivity index (χ3n) is 5.87. The average molecular weight is 490 g/mol. The van der Waals surface area contributed by atoms with Gasteiger partial charge in [0.15, 0.2) is 0 Å². The van der Waals surface area contributed by atoms with Gasteiger partial charge in [-0.15, -0.1) is 0 Å². The Morgan fingerprint density at radius 1 is 1.09 bits per heavy atom. The Bertz CT molecular complexity index is 1220. The van der Waals surface area contributed by atoms with Crippen molar-refractivity contribution >= 4 is 34.8 Å². The quantitative estimate of drug-likeness (QED) is 0.436. The van der Waals surface area contributed by atoms with Crippen molar-refractivity contribution in [2.45, 2.75) is 18.4 Å². The number of amides is 1. The maximum Gasteiger partial charge on any atom is 0.272 e. The topological polar surface area (TPSA) is 45.7 Å². The maximum absolute atomic E-state index is 13.6. The molecule has 1 amide bonds. The number of alkyl halides is 2. The third kappa shape index (κ3) is 4.28. The fraction of sp³-hybridized carbons (Fsp3) is 0.250. The van der Waals surface area contributed by atoms with E-state index in [-0.39, 0.29) is 42.2 Å². The van der Waals surface area contributed by atoms with E-state index in [1.807, 2.05) is 24.3 Å². The second kappa shape index (κ2) is 8.56. The van der Waals surface area contributed by atoms with E-state index in [0.29, 0.717) is 28.7 Å². The number of aromatic nitrogens is 1. The molecular formula is C24H19Cl2F2N3O2. The van der Waals surface area contributed by atoms with Gasteiger partial charge in [-0.2, -0.15) is 0 Å². The summed E-state index contributed by atoms with van der Waals surface area (Å²) in [6, 6.07) is 15.3. The fourth-order valence-corrected chi connectivity index (χ4v) is 4.66. The van der Waals surface area contributed by atoms with Crippen LogP contribution in [0.5, 0.6) is 11.6 Å². The van der Waals surface area contributed by atoms with Crippen molar-refractivity contribution in [3.63, 3.8) is 0 Å². The van der Waals surface area contributed by atoms with Crippen LogP contribution >= 0.6 is 23.2 Å². The van der Waals surface area contributed by atoms with Crippen LogP contribution in [0.2, 0.25) is 10.0 Å². The smallest absolute Gasteiger partial charge is 0.272 e. The minimum atomic E-state index is -2.65. The molecule has 1 atom stereocenters. The minimum absolute atomic E-state index is 0.105. The van der Waals surface area contributed by atoms with Crippen LogP contribution in [0.3, 0.4) is 0 Å². The van der Waals surface area contributed by atoms with E-state index < -0.39 is 5.92 Å². The molecule has 0 N–H and O–H groups in total. The van der Waals surface area contributed by atoms with Gasteiger partial charge in [-0.05, 0) is 42.3 Å². The molecular weight excluding hydrogens is 471 g/mol. The van der Waals surface area contributed by atoms with Crippen LogP contribution < -0.4 is 9.64 Å². The van der Waals surface area contributed by atoms with Crippen LogP contribution in [0.25, 0.3) is 0 Å². The molecule has 1 unspecified atom stereocenters. The lowest BCUT2D eigenvalue weighted by Crippen LogP contribution is -2.58. The molecule has 5 rings (SSSR count). The van der Waals surface area contributed by atoms with Gasteiger partial charge < -0.3 is 9.64 Å². The van der Waals surface area contributed by atoms with E-state index in [2.05, 4.69) is 4.98 Å². The molecule has 170 valence electrons. The highest BCUT2D eigenvalue weighted by Crippen LogP contribution is 2.43. The number of ether oxygens (including phenoxy) is 1. The molecule has 0 saturated carbocycles. The highest BCUT2D eigenvalue weighted by Gasteiger charge is 2.48. The van der Waals surface area contributed by atoms with E-state index in [1.165, 1.54) is 6.20 Å². The summed E-state index contributed by atoms with van der Waals surface area (Å²) in [5.74, 6) is -2.55. The molecule has 0 radical (unpaired) electrons. The van der Waals surface area contributed by atoms with Gasteiger partial charge in [0, 0.05) is 35.6 Å². The number of pyridine rings is 1. The summed E-state index contributed by atoms with van der Waals surface area (Å²) >= 11 is 12.3. The van der Waals surface area contributed by atoms with Crippen LogP contribution in [0.15, 0.2) is 60.8 Å². The van der Waals surface area contributed by atoms with Crippen LogP contribution in [-0.4, -0.2) is 41.3 Å². The van der Waals surface area contributed by atoms with Gasteiger partial charge in [-0.25, -0.2) is 13.8 Å². The van der Waals surface area contributed by atoms with Gasteiger partial charge in [0.25, 0.3) is 11.8 Å². The molecule has 33 heavy (non-hydrogen) atoms. The first-order valence-corrected chi connectivity index (χ1v) is 11.2. The van der Waals surface area contributed by atoms with E-state index in [1.54, 1.807) is 40.1 Å². The zero-order valence-corrected chi connectivity index (χ0v) is 18.9. The van der Waals surface area contributed by atoms with Crippen LogP contribution in [0.1, 0.15) is 28.4 Å². The lowest BCUT2D eigenvalue weighted by atomic mass is 9.91. The van der Waals surface area contributed by atoms with Gasteiger partial charge in [-0.3, -0.25) is 9.69 Å². The molecule has 2 aliphatic heterocycles. The molecule has 2 aliphatic rings. The number of rotatable bonds is 4. The summed E-state index contributed by atoms with van der Waals surface area (Å²) in [5.41, 5.74) is 1.82. The van der Waals surface area contributed by atoms with Gasteiger partial charge >= 0.3 is 0 Å². The Morgan fingerprint density at radius 2 is 1.88 bits per heavy atom. The number of benzene rings is 2. The van der Waals surface area contributed by atoms with Crippen molar-refractivity contribution in [2.75, 3.05) is 24.5 Å². The summed E-state index contributed by atoms with van der Waals surface area (Å²) in [5, 5.41) is 0.770. The summed E-state index contributed by atoms with van der Waals surface area (Å²) in [7, 11) is 0. The number of nitrogens with zero attached hydrogens (tertiary/aromatic N) is 3. The first kappa shape index (κ1) is 22.1. The van der Waals surface area contributed by atoms with Crippen molar-refractivity contribution in [3.05, 3.63) is 82.0 Å². The van der Waals surface area contributed by atoms with Crippen molar-refractivity contribution in [2.24, 2.45) is 0 Å². The SMILES string of the molecule is O=C(c1cccnc1Oc1cc(Cl)ccc1Cl)N1CCC(N2CC(F)(F)C2)c2ccccc21. The van der Waals surface area contributed by atoms with E-state index in [4.69, 9.17) is 27.9 Å². The van der Waals surface area contributed by atoms with Crippen molar-refractivity contribution in [1.29, 1.82) is 0 Å². The highest BCUT2D eigenvalue weighted by atomic mass is 35.5. The number of likely N-dealkylation sites (tertiary alicyclic amines) is 1. The lowest BCUT2D eigenvalue weighted by molar-refractivity contribution is -0.148. The monoisotopic (exact) mass is 489 g/mol. The molecule has 9 heteroatoms. The Kier molecular flexibility index (Phi) is 5.72. The molecule has 0 spiro atoms. The number of para-hydroxylation sites is 1. The van der Waals surface area contributed by atoms with E-state index in [0.717, 1.165) is 5.56 Å². The largest absolute Gasteiger partial charge is 0.437 e. The molecule has 1 aromatic heterocycles. The summed E-state index contributed by atoms with van der Waals surface area (Å²) in [4.78, 5) is 21.2. The number of halogens is 4. The number of carbonyl (C=O) groups is 1. The number of hydrogen-bond acceptors (Lipinski definition) is 4. The van der Waals surface area contributed by atoms with Crippen molar-refractivity contribution < 1.29 is 18.3 Å². The standard InChI is InChI=1S/C24H19Cl2F2N3O2/c25-15-7-8-18(26)21(12-15)33-22-17(5-3-10-29-22)23(32)31-11-9-19(30-13-24(27,28)14-30)16-4-1-2-6-20(16)31/h1-8,10,12,19H,9,11,13-14H2. The van der Waals surface area contributed by atoms with E-state index in [9.17, 15) is 13.6 Å². The van der Waals surface area contributed by atoms with Gasteiger partial charge in [0.2, 0.25) is 5.88 Å². The predicted molar refractivity (Wildman–Crippen MR) is 123 cm³/mol. The molecule has 1 fully saturated rings. The minimum Gasteiger partial charge on any atom is -0.437 e. The average Bonchev–Trinajstić information content (AvgIpc) is 2.79. The first-order valence-electron chi connectivity index (χ1n) is 10.4. The van der Waals surface area contributed by atoms with Crippen LogP contribution in [-0.2, 0) is 0 Å². The zero-order chi connectivity index (χ0) is 23.2. The summed E-state index contributed by atoms with van der Waals surface area (Å²) < 4.78 is 32.8. The fourth-order valence-electron chi connectivity index (χ4n) is 4.34. The van der Waals surface area contributed by atoms with Gasteiger partial charge in [0.1, 0.15) is 11.3 Å². The van der Waals surface area contributed by atoms with Gasteiger partial charge in [-0.1, -0.05) is 41.4 Å². The molecule has 2 aromatic carbocycles. The molecule has 3 heterocycles.